The number of nitrogens with zero attached hydrogens (tertiary/aromatic N) is 1. The number of carboxylic acids is 1. The molecule has 1 amide bonds. The van der Waals surface area contributed by atoms with E-state index >= 15 is 0 Å². The molecule has 3 rings (SSSR count). The highest BCUT2D eigenvalue weighted by Gasteiger charge is 2.30. The molecule has 1 fully saturated rings. The SMILES string of the molecule is CC(C)C(C(=O)NCC1CCC(C(=O)O)CC1)n1c(=O)[nH]c2ccccc2c1=O. The fourth-order valence-electron chi connectivity index (χ4n) is 4.11. The van der Waals surface area contributed by atoms with Crippen LogP contribution in [0.4, 0.5) is 0 Å². The van der Waals surface area contributed by atoms with Gasteiger partial charge >= 0.3 is 11.7 Å². The van der Waals surface area contributed by atoms with E-state index in [4.69, 9.17) is 5.11 Å². The first kappa shape index (κ1) is 20.8. The average molecular weight is 401 g/mol. The number of nitrogens with one attached hydrogen (secondary N) is 2. The van der Waals surface area contributed by atoms with Gasteiger partial charge < -0.3 is 15.4 Å². The van der Waals surface area contributed by atoms with Gasteiger partial charge in [-0.05, 0) is 49.7 Å². The van der Waals surface area contributed by atoms with Gasteiger partial charge in [0.05, 0.1) is 16.8 Å². The summed E-state index contributed by atoms with van der Waals surface area (Å²) in [5, 5.41) is 12.3. The molecule has 0 radical (unpaired) electrons. The van der Waals surface area contributed by atoms with Crippen molar-refractivity contribution in [3.8, 4) is 0 Å². The molecule has 8 heteroatoms. The number of fused-ring (bicyclic) bond motifs is 1. The molecule has 0 bridgehead atoms. The first-order chi connectivity index (χ1) is 13.8. The molecule has 1 unspecified atom stereocenters. The van der Waals surface area contributed by atoms with Crippen LogP contribution >= 0.6 is 0 Å². The van der Waals surface area contributed by atoms with Crippen LogP contribution in [0.1, 0.15) is 45.6 Å². The minimum atomic E-state index is -0.925. The highest BCUT2D eigenvalue weighted by Crippen LogP contribution is 2.28. The van der Waals surface area contributed by atoms with Gasteiger partial charge in [0, 0.05) is 6.54 Å². The fourth-order valence-corrected chi connectivity index (χ4v) is 4.11. The molecular formula is C21H27N3O5. The molecule has 8 nitrogen and oxygen atoms in total. The Bertz CT molecular complexity index is 1010. The Morgan fingerprint density at radius 1 is 1.17 bits per heavy atom. The zero-order chi connectivity index (χ0) is 21.1. The Morgan fingerprint density at radius 3 is 2.45 bits per heavy atom. The molecule has 1 atom stereocenters. The van der Waals surface area contributed by atoms with Gasteiger partial charge in [-0.15, -0.1) is 0 Å². The lowest BCUT2D eigenvalue weighted by Crippen LogP contribution is -2.47. The van der Waals surface area contributed by atoms with Crippen molar-refractivity contribution >= 4 is 22.8 Å². The molecule has 3 N–H and O–H groups in total. The average Bonchev–Trinajstić information content (AvgIpc) is 2.69. The van der Waals surface area contributed by atoms with E-state index in [2.05, 4.69) is 10.3 Å². The lowest BCUT2D eigenvalue weighted by Gasteiger charge is -2.28. The van der Waals surface area contributed by atoms with Crippen LogP contribution in [-0.4, -0.2) is 33.1 Å². The summed E-state index contributed by atoms with van der Waals surface area (Å²) in [5.74, 6) is -1.50. The van der Waals surface area contributed by atoms with E-state index in [0.29, 0.717) is 30.3 Å². The number of aliphatic carboxylic acids is 1. The van der Waals surface area contributed by atoms with Gasteiger partial charge in [-0.2, -0.15) is 0 Å². The largest absolute Gasteiger partial charge is 0.481 e. The zero-order valence-electron chi connectivity index (χ0n) is 16.7. The van der Waals surface area contributed by atoms with Crippen molar-refractivity contribution in [1.82, 2.24) is 14.9 Å². The number of H-pyrrole nitrogens is 1. The third-order valence-electron chi connectivity index (χ3n) is 5.78. The Morgan fingerprint density at radius 2 is 1.83 bits per heavy atom. The van der Waals surface area contributed by atoms with Crippen LogP contribution in [0, 0.1) is 17.8 Å². The van der Waals surface area contributed by atoms with Gasteiger partial charge in [-0.25, -0.2) is 9.36 Å². The maximum absolute atomic E-state index is 12.9. The molecule has 29 heavy (non-hydrogen) atoms. The summed E-state index contributed by atoms with van der Waals surface area (Å²) in [6, 6.07) is 5.80. The van der Waals surface area contributed by atoms with E-state index in [1.165, 1.54) is 0 Å². The summed E-state index contributed by atoms with van der Waals surface area (Å²) in [7, 11) is 0. The Hall–Kier alpha value is -2.90. The minimum Gasteiger partial charge on any atom is -0.481 e. The smallest absolute Gasteiger partial charge is 0.329 e. The lowest BCUT2D eigenvalue weighted by molar-refractivity contribution is -0.143. The standard InChI is InChI=1S/C21H27N3O5/c1-12(2)17(18(25)22-11-13-7-9-14(10-8-13)20(27)28)24-19(26)15-5-3-4-6-16(15)23-21(24)29/h3-6,12-14,17H,7-11H2,1-2H3,(H,22,25)(H,23,29)(H,27,28). The molecule has 2 aromatic rings. The predicted octanol–water partition coefficient (Wildman–Crippen LogP) is 1.89. The summed E-state index contributed by atoms with van der Waals surface area (Å²) >= 11 is 0. The summed E-state index contributed by atoms with van der Waals surface area (Å²) in [6.45, 7) is 4.00. The zero-order valence-corrected chi connectivity index (χ0v) is 16.7. The topological polar surface area (TPSA) is 121 Å². The van der Waals surface area contributed by atoms with Gasteiger partial charge in [-0.1, -0.05) is 26.0 Å². The predicted molar refractivity (Wildman–Crippen MR) is 109 cm³/mol. The summed E-state index contributed by atoms with van der Waals surface area (Å²) < 4.78 is 1.00. The summed E-state index contributed by atoms with van der Waals surface area (Å²) in [5.41, 5.74) is -0.651. The Balaban J connectivity index is 1.78. The quantitative estimate of drug-likeness (QED) is 0.682. The number of rotatable bonds is 6. The highest BCUT2D eigenvalue weighted by molar-refractivity contribution is 5.82. The van der Waals surface area contributed by atoms with Crippen molar-refractivity contribution in [3.05, 3.63) is 45.1 Å². The van der Waals surface area contributed by atoms with Crippen molar-refractivity contribution < 1.29 is 14.7 Å². The van der Waals surface area contributed by atoms with Crippen molar-refractivity contribution in [3.63, 3.8) is 0 Å². The summed E-state index contributed by atoms with van der Waals surface area (Å²) in [6.07, 6.45) is 2.68. The Labute approximate surface area is 167 Å². The number of benzene rings is 1. The van der Waals surface area contributed by atoms with Gasteiger partial charge in [-0.3, -0.25) is 14.4 Å². The van der Waals surface area contributed by atoms with Crippen molar-refractivity contribution in [2.45, 2.75) is 45.6 Å². The van der Waals surface area contributed by atoms with E-state index in [-0.39, 0.29) is 23.7 Å². The second kappa shape index (κ2) is 8.63. The minimum absolute atomic E-state index is 0.203. The van der Waals surface area contributed by atoms with Crippen LogP contribution in [0.25, 0.3) is 10.9 Å². The molecule has 156 valence electrons. The molecule has 0 saturated heterocycles. The number of carbonyl (C=O) groups excluding carboxylic acids is 1. The third kappa shape index (κ3) is 4.41. The maximum atomic E-state index is 12.9. The number of hydrogen-bond acceptors (Lipinski definition) is 4. The molecule has 1 heterocycles. The van der Waals surface area contributed by atoms with Gasteiger partial charge in [0.2, 0.25) is 5.91 Å². The van der Waals surface area contributed by atoms with Gasteiger partial charge in [0.15, 0.2) is 0 Å². The molecule has 1 aliphatic rings. The molecule has 1 aromatic carbocycles. The number of hydrogen-bond donors (Lipinski definition) is 3. The van der Waals surface area contributed by atoms with Crippen LogP contribution in [-0.2, 0) is 9.59 Å². The van der Waals surface area contributed by atoms with E-state index in [1.54, 1.807) is 38.1 Å². The molecular weight excluding hydrogens is 374 g/mol. The molecule has 1 aromatic heterocycles. The summed E-state index contributed by atoms with van der Waals surface area (Å²) in [4.78, 5) is 52.2. The molecule has 0 spiro atoms. The van der Waals surface area contributed by atoms with Crippen molar-refractivity contribution in [2.24, 2.45) is 17.8 Å². The second-order valence-corrected chi connectivity index (χ2v) is 8.14. The molecule has 1 aliphatic carbocycles. The number of carboxylic acid groups (broad SMARTS) is 1. The number of aromatic amines is 1. The maximum Gasteiger partial charge on any atom is 0.329 e. The van der Waals surface area contributed by atoms with Crippen LogP contribution in [0.15, 0.2) is 33.9 Å². The number of aromatic nitrogens is 2. The highest BCUT2D eigenvalue weighted by atomic mass is 16.4. The van der Waals surface area contributed by atoms with E-state index < -0.39 is 23.3 Å². The van der Waals surface area contributed by atoms with Crippen LogP contribution in [0.3, 0.4) is 0 Å². The van der Waals surface area contributed by atoms with Crippen LogP contribution in [0.2, 0.25) is 0 Å². The van der Waals surface area contributed by atoms with E-state index in [9.17, 15) is 19.2 Å². The normalized spacial score (nSPS) is 20.5. The first-order valence-electron chi connectivity index (χ1n) is 10.0. The van der Waals surface area contributed by atoms with Crippen LogP contribution in [0.5, 0.6) is 0 Å². The lowest BCUT2D eigenvalue weighted by atomic mass is 9.82. The van der Waals surface area contributed by atoms with Gasteiger partial charge in [0.25, 0.3) is 5.56 Å². The number of para-hydroxylation sites is 1. The molecule has 0 aliphatic heterocycles. The van der Waals surface area contributed by atoms with E-state index in [0.717, 1.165) is 17.4 Å². The van der Waals surface area contributed by atoms with Crippen molar-refractivity contribution in [1.29, 1.82) is 0 Å². The first-order valence-corrected chi connectivity index (χ1v) is 10.0. The van der Waals surface area contributed by atoms with E-state index in [1.807, 2.05) is 0 Å². The van der Waals surface area contributed by atoms with Crippen molar-refractivity contribution in [2.75, 3.05) is 6.54 Å². The second-order valence-electron chi connectivity index (χ2n) is 8.14. The molecule has 1 saturated carbocycles. The monoisotopic (exact) mass is 401 g/mol. The fraction of sp³-hybridized carbons (Fsp3) is 0.524. The van der Waals surface area contributed by atoms with Gasteiger partial charge in [0.1, 0.15) is 6.04 Å². The number of amides is 1. The Kier molecular flexibility index (Phi) is 6.20. The number of carbonyl (C=O) groups is 2. The van der Waals surface area contributed by atoms with Crippen LogP contribution < -0.4 is 16.6 Å². The third-order valence-corrected chi connectivity index (χ3v) is 5.78.